The molecule has 0 saturated carbocycles. The molecule has 0 unspecified atom stereocenters. The molecule has 0 radical (unpaired) electrons. The average Bonchev–Trinajstić information content (AvgIpc) is 3.14. The van der Waals surface area contributed by atoms with E-state index < -0.39 is 10.0 Å². The molecule has 2 N–H and O–H groups in total. The number of nitrogens with zero attached hydrogens (tertiary/aromatic N) is 3. The van der Waals surface area contributed by atoms with E-state index in [-0.39, 0.29) is 12.1 Å². The Balaban J connectivity index is 1.64. The van der Waals surface area contributed by atoms with E-state index in [1.165, 1.54) is 0 Å². The van der Waals surface area contributed by atoms with Crippen LogP contribution >= 0.6 is 0 Å². The quantitative estimate of drug-likeness (QED) is 0.738. The molecule has 26 heavy (non-hydrogen) atoms. The molecule has 8 nitrogen and oxygen atoms in total. The number of nitrogens with one attached hydrogen (secondary N) is 2. The Labute approximate surface area is 153 Å². The van der Waals surface area contributed by atoms with Crippen molar-refractivity contribution >= 4 is 21.7 Å². The molecule has 1 aliphatic rings. The van der Waals surface area contributed by atoms with Crippen LogP contribution in [0.1, 0.15) is 18.0 Å². The van der Waals surface area contributed by atoms with Crippen LogP contribution in [-0.2, 0) is 16.4 Å². The summed E-state index contributed by atoms with van der Waals surface area (Å²) in [6.07, 6.45) is 7.90. The predicted molar refractivity (Wildman–Crippen MR) is 99.6 cm³/mol. The molecule has 0 spiro atoms. The summed E-state index contributed by atoms with van der Waals surface area (Å²) in [4.78, 5) is 18.5. The standard InChI is InChI=1S/C17H23N5O3S/c1-26(24,25)20-8-4-7-19-17(23)22-12-15(21-10-9-18-13-21)11-14-5-2-3-6-16(14)22/h2-3,5-6,9-10,13,15,20H,4,7-8,11-12H2,1H3,(H,19,23)/t15-/m0/s1. The van der Waals surface area contributed by atoms with E-state index in [9.17, 15) is 13.2 Å². The van der Waals surface area contributed by atoms with Gasteiger partial charge in [0, 0.05) is 37.7 Å². The highest BCUT2D eigenvalue weighted by Crippen LogP contribution is 2.31. The van der Waals surface area contributed by atoms with Crippen molar-refractivity contribution in [1.82, 2.24) is 19.6 Å². The maximum atomic E-state index is 12.7. The van der Waals surface area contributed by atoms with E-state index in [4.69, 9.17) is 0 Å². The summed E-state index contributed by atoms with van der Waals surface area (Å²) >= 11 is 0. The van der Waals surface area contributed by atoms with E-state index in [0.717, 1.165) is 23.9 Å². The molecule has 2 amide bonds. The third-order valence-corrected chi connectivity index (χ3v) is 5.05. The van der Waals surface area contributed by atoms with E-state index in [1.54, 1.807) is 17.4 Å². The zero-order valence-electron chi connectivity index (χ0n) is 14.6. The van der Waals surface area contributed by atoms with E-state index in [0.29, 0.717) is 26.1 Å². The lowest BCUT2D eigenvalue weighted by Crippen LogP contribution is -2.46. The van der Waals surface area contributed by atoms with Gasteiger partial charge < -0.3 is 9.88 Å². The molecule has 2 heterocycles. The van der Waals surface area contributed by atoms with Crippen molar-refractivity contribution in [2.45, 2.75) is 18.9 Å². The predicted octanol–water partition coefficient (Wildman–Crippen LogP) is 1.14. The molecule has 1 aromatic carbocycles. The van der Waals surface area contributed by atoms with Gasteiger partial charge in [0.1, 0.15) is 0 Å². The molecule has 0 saturated heterocycles. The fraction of sp³-hybridized carbons (Fsp3) is 0.412. The number of carbonyl (C=O) groups is 1. The number of hydrogen-bond acceptors (Lipinski definition) is 4. The Morgan fingerprint density at radius 3 is 2.85 bits per heavy atom. The van der Waals surface area contributed by atoms with Crippen LogP contribution in [-0.4, -0.2) is 49.9 Å². The van der Waals surface area contributed by atoms with Crippen molar-refractivity contribution in [1.29, 1.82) is 0 Å². The second kappa shape index (κ2) is 7.88. The first-order chi connectivity index (χ1) is 12.4. The summed E-state index contributed by atoms with van der Waals surface area (Å²) in [5.74, 6) is 0. The van der Waals surface area contributed by atoms with Gasteiger partial charge in [-0.25, -0.2) is 22.9 Å². The third kappa shape index (κ3) is 4.61. The highest BCUT2D eigenvalue weighted by atomic mass is 32.2. The third-order valence-electron chi connectivity index (χ3n) is 4.32. The molecule has 140 valence electrons. The number of imidazole rings is 1. The number of urea groups is 1. The Morgan fingerprint density at radius 1 is 1.31 bits per heavy atom. The number of sulfonamides is 1. The molecular weight excluding hydrogens is 354 g/mol. The van der Waals surface area contributed by atoms with Crippen molar-refractivity contribution in [2.24, 2.45) is 0 Å². The SMILES string of the molecule is CS(=O)(=O)NCCCNC(=O)N1C[C@@H](n2ccnc2)Cc2ccccc21. The van der Waals surface area contributed by atoms with Gasteiger partial charge in [0.2, 0.25) is 10.0 Å². The minimum atomic E-state index is -3.20. The number of amides is 2. The number of benzene rings is 1. The molecule has 0 bridgehead atoms. The van der Waals surface area contributed by atoms with Crippen molar-refractivity contribution in [3.63, 3.8) is 0 Å². The van der Waals surface area contributed by atoms with Crippen LogP contribution in [0.4, 0.5) is 10.5 Å². The number of fused-ring (bicyclic) bond motifs is 1. The second-order valence-corrected chi connectivity index (χ2v) is 8.19. The minimum absolute atomic E-state index is 0.130. The first-order valence-electron chi connectivity index (χ1n) is 8.49. The number of anilines is 1. The average molecular weight is 377 g/mol. The molecule has 0 aliphatic carbocycles. The minimum Gasteiger partial charge on any atom is -0.338 e. The number of hydrogen-bond donors (Lipinski definition) is 2. The zero-order chi connectivity index (χ0) is 18.6. The van der Waals surface area contributed by atoms with Crippen LogP contribution in [0.3, 0.4) is 0 Å². The first kappa shape index (κ1) is 18.4. The largest absolute Gasteiger partial charge is 0.338 e. The Kier molecular flexibility index (Phi) is 5.58. The molecule has 2 aromatic rings. The van der Waals surface area contributed by atoms with Gasteiger partial charge in [0.15, 0.2) is 0 Å². The van der Waals surface area contributed by atoms with E-state index in [1.807, 2.05) is 35.0 Å². The maximum Gasteiger partial charge on any atom is 0.321 e. The van der Waals surface area contributed by atoms with Gasteiger partial charge in [-0.1, -0.05) is 18.2 Å². The molecule has 1 aromatic heterocycles. The van der Waals surface area contributed by atoms with Gasteiger partial charge >= 0.3 is 6.03 Å². The molecule has 0 fully saturated rings. The summed E-state index contributed by atoms with van der Waals surface area (Å²) in [6.45, 7) is 1.25. The lowest BCUT2D eigenvalue weighted by Gasteiger charge is -2.35. The monoisotopic (exact) mass is 377 g/mol. The normalized spacial score (nSPS) is 17.0. The molecule has 1 atom stereocenters. The summed E-state index contributed by atoms with van der Waals surface area (Å²) in [5, 5.41) is 2.87. The van der Waals surface area contributed by atoms with Crippen LogP contribution in [0.25, 0.3) is 0 Å². The van der Waals surface area contributed by atoms with Crippen molar-refractivity contribution in [3.8, 4) is 0 Å². The molecular formula is C17H23N5O3S. The highest BCUT2D eigenvalue weighted by Gasteiger charge is 2.28. The number of para-hydroxylation sites is 1. The fourth-order valence-electron chi connectivity index (χ4n) is 3.09. The van der Waals surface area contributed by atoms with Crippen LogP contribution in [0, 0.1) is 0 Å². The van der Waals surface area contributed by atoms with Crippen LogP contribution < -0.4 is 14.9 Å². The van der Waals surface area contributed by atoms with Crippen molar-refractivity contribution in [2.75, 3.05) is 30.8 Å². The smallest absolute Gasteiger partial charge is 0.321 e. The number of carbonyl (C=O) groups excluding carboxylic acids is 1. The highest BCUT2D eigenvalue weighted by molar-refractivity contribution is 7.88. The summed E-state index contributed by atoms with van der Waals surface area (Å²) < 4.78 is 26.5. The number of aromatic nitrogens is 2. The van der Waals surface area contributed by atoms with Gasteiger partial charge in [-0.15, -0.1) is 0 Å². The first-order valence-corrected chi connectivity index (χ1v) is 10.4. The summed E-state index contributed by atoms with van der Waals surface area (Å²) in [7, 11) is -3.20. The Morgan fingerprint density at radius 2 is 2.12 bits per heavy atom. The Hall–Kier alpha value is -2.39. The molecule has 1 aliphatic heterocycles. The van der Waals surface area contributed by atoms with Gasteiger partial charge in [0.25, 0.3) is 0 Å². The topological polar surface area (TPSA) is 96.3 Å². The Bertz CT molecular complexity index is 851. The van der Waals surface area contributed by atoms with Crippen LogP contribution in [0.2, 0.25) is 0 Å². The van der Waals surface area contributed by atoms with Gasteiger partial charge in [-0.3, -0.25) is 4.90 Å². The van der Waals surface area contributed by atoms with E-state index in [2.05, 4.69) is 15.0 Å². The molecule has 9 heteroatoms. The lowest BCUT2D eigenvalue weighted by molar-refractivity contribution is 0.244. The zero-order valence-corrected chi connectivity index (χ0v) is 15.4. The van der Waals surface area contributed by atoms with Gasteiger partial charge in [0.05, 0.1) is 18.6 Å². The number of rotatable bonds is 6. The van der Waals surface area contributed by atoms with Crippen molar-refractivity contribution in [3.05, 3.63) is 48.5 Å². The van der Waals surface area contributed by atoms with Crippen LogP contribution in [0.5, 0.6) is 0 Å². The van der Waals surface area contributed by atoms with Crippen molar-refractivity contribution < 1.29 is 13.2 Å². The summed E-state index contributed by atoms with van der Waals surface area (Å²) in [5.41, 5.74) is 2.03. The van der Waals surface area contributed by atoms with Gasteiger partial charge in [-0.2, -0.15) is 0 Å². The summed E-state index contributed by atoms with van der Waals surface area (Å²) in [6, 6.07) is 7.83. The van der Waals surface area contributed by atoms with Gasteiger partial charge in [-0.05, 0) is 24.5 Å². The molecule has 3 rings (SSSR count). The lowest BCUT2D eigenvalue weighted by atomic mass is 9.98. The second-order valence-electron chi connectivity index (χ2n) is 6.36. The van der Waals surface area contributed by atoms with E-state index >= 15 is 0 Å². The fourth-order valence-corrected chi connectivity index (χ4v) is 3.60. The van der Waals surface area contributed by atoms with Crippen LogP contribution in [0.15, 0.2) is 43.0 Å². The maximum absolute atomic E-state index is 12.7.